The van der Waals surface area contributed by atoms with Crippen molar-refractivity contribution >= 4 is 28.5 Å². The van der Waals surface area contributed by atoms with Gasteiger partial charge < -0.3 is 10.6 Å². The predicted molar refractivity (Wildman–Crippen MR) is 162 cm³/mol. The maximum Gasteiger partial charge on any atom is 0.269 e. The highest BCUT2D eigenvalue weighted by atomic mass is 19.1. The Kier molecular flexibility index (Phi) is 8.12. The number of carbonyl (C=O) groups excluding carboxylic acids is 3. The van der Waals surface area contributed by atoms with Gasteiger partial charge >= 0.3 is 0 Å². The zero-order valence-corrected chi connectivity index (χ0v) is 23.9. The van der Waals surface area contributed by atoms with Crippen LogP contribution < -0.4 is 5.73 Å². The summed E-state index contributed by atoms with van der Waals surface area (Å²) in [6.07, 6.45) is 1.22. The van der Waals surface area contributed by atoms with E-state index in [9.17, 15) is 18.8 Å². The number of fused-ring (bicyclic) bond motifs is 1. The van der Waals surface area contributed by atoms with Crippen molar-refractivity contribution in [2.75, 3.05) is 6.54 Å². The van der Waals surface area contributed by atoms with Gasteiger partial charge in [0.1, 0.15) is 18.5 Å². The first-order chi connectivity index (χ1) is 21.8. The van der Waals surface area contributed by atoms with Crippen LogP contribution in [0.15, 0.2) is 85.2 Å². The molecule has 2 N–H and O–H groups in total. The third-order valence-electron chi connectivity index (χ3n) is 7.62. The molecule has 224 valence electrons. The summed E-state index contributed by atoms with van der Waals surface area (Å²) in [6, 6.07) is 19.3. The number of hydrogen-bond acceptors (Lipinski definition) is 6. The van der Waals surface area contributed by atoms with Crippen LogP contribution in [0.4, 0.5) is 8.78 Å². The molecule has 6 rings (SSSR count). The number of Topliss-reactive ketones (excluding diaryl/α,β-unsaturated/α-hetero) is 1. The van der Waals surface area contributed by atoms with E-state index in [-0.39, 0.29) is 37.2 Å². The van der Waals surface area contributed by atoms with E-state index >= 15 is 4.39 Å². The Labute approximate surface area is 256 Å². The molecule has 0 bridgehead atoms. The number of nitrogens with two attached hydrogens (primary N) is 1. The van der Waals surface area contributed by atoms with Gasteiger partial charge in [-0.2, -0.15) is 5.10 Å². The molecule has 0 spiro atoms. The second kappa shape index (κ2) is 12.5. The van der Waals surface area contributed by atoms with Crippen molar-refractivity contribution in [3.8, 4) is 23.0 Å². The minimum atomic E-state index is -1.42. The lowest BCUT2D eigenvalue weighted by atomic mass is 9.97. The van der Waals surface area contributed by atoms with Gasteiger partial charge in [0.2, 0.25) is 11.7 Å². The molecule has 3 aromatic carbocycles. The highest BCUT2D eigenvalue weighted by Crippen LogP contribution is 2.28. The first-order valence-electron chi connectivity index (χ1n) is 14.2. The predicted octanol–water partition coefficient (Wildman–Crippen LogP) is 3.88. The number of carbonyl (C=O) groups is 3. The van der Waals surface area contributed by atoms with Gasteiger partial charge in [-0.05, 0) is 41.3 Å². The maximum absolute atomic E-state index is 15.4. The molecule has 5 aromatic rings. The van der Waals surface area contributed by atoms with Gasteiger partial charge in [0.25, 0.3) is 5.91 Å². The van der Waals surface area contributed by atoms with Gasteiger partial charge in [-0.15, -0.1) is 0 Å². The fourth-order valence-electron chi connectivity index (χ4n) is 5.50. The van der Waals surface area contributed by atoms with E-state index in [2.05, 4.69) is 26.9 Å². The van der Waals surface area contributed by atoms with Gasteiger partial charge in [-0.1, -0.05) is 54.5 Å². The summed E-state index contributed by atoms with van der Waals surface area (Å²) in [6.45, 7) is -0.661. The summed E-state index contributed by atoms with van der Waals surface area (Å²) < 4.78 is 31.4. The average molecular weight is 605 g/mol. The number of primary amides is 1. The first kappa shape index (κ1) is 29.3. The molecule has 2 aromatic heterocycles. The topological polar surface area (TPSA) is 124 Å². The molecule has 1 saturated heterocycles. The van der Waals surface area contributed by atoms with Crippen LogP contribution in [-0.4, -0.2) is 61.0 Å². The number of rotatable bonds is 7. The van der Waals surface area contributed by atoms with E-state index in [1.54, 1.807) is 73.1 Å². The molecule has 0 radical (unpaired) electrons. The van der Waals surface area contributed by atoms with Gasteiger partial charge in [0.05, 0.1) is 18.1 Å². The fourth-order valence-corrected chi connectivity index (χ4v) is 5.50. The Morgan fingerprint density at radius 3 is 2.49 bits per heavy atom. The monoisotopic (exact) mass is 604 g/mol. The lowest BCUT2D eigenvalue weighted by molar-refractivity contribution is -0.138. The molecule has 1 aliphatic heterocycles. The van der Waals surface area contributed by atoms with Gasteiger partial charge in [0.15, 0.2) is 11.5 Å². The highest BCUT2D eigenvalue weighted by molar-refractivity contribution is 6.04. The molecule has 9 nitrogen and oxygen atoms in total. The van der Waals surface area contributed by atoms with E-state index in [0.717, 1.165) is 0 Å². The Balaban J connectivity index is 1.23. The standard InChI is InChI=1S/C34H26F2N6O3/c35-24-18-28(29(43)17-23-8-4-9-25(32(23)36)22-6-2-1-3-7-22)41(19-24)31(44)20-42-27-12-10-21(11-13-30-38-14-5-15-39-30)16-26(27)33(40-42)34(37)45/h1-10,12,14-16,24,28H,17-20H2,(H2,37,45)/t24-,28+/m1/s1. The van der Waals surface area contributed by atoms with Crippen LogP contribution in [0.5, 0.6) is 0 Å². The van der Waals surface area contributed by atoms with E-state index in [0.29, 0.717) is 33.4 Å². The lowest BCUT2D eigenvalue weighted by Gasteiger charge is -2.23. The minimum absolute atomic E-state index is 0.0661. The molecule has 1 fully saturated rings. The van der Waals surface area contributed by atoms with Crippen molar-refractivity contribution in [1.29, 1.82) is 0 Å². The lowest BCUT2D eigenvalue weighted by Crippen LogP contribution is -2.43. The third-order valence-corrected chi connectivity index (χ3v) is 7.62. The van der Waals surface area contributed by atoms with Crippen LogP contribution in [0.25, 0.3) is 22.0 Å². The fraction of sp³-hybridized carbons (Fsp3) is 0.176. The summed E-state index contributed by atoms with van der Waals surface area (Å²) in [5, 5.41) is 4.64. The SMILES string of the molecule is NC(=O)c1nn(CC(=O)N2C[C@H](F)C[C@H]2C(=O)Cc2cccc(-c3ccccc3)c2F)c2ccc(C#Cc3ncccn3)cc12. The second-order valence-corrected chi connectivity index (χ2v) is 10.6. The van der Waals surface area contributed by atoms with E-state index < -0.39 is 35.6 Å². The van der Waals surface area contributed by atoms with Gasteiger partial charge in [-0.25, -0.2) is 18.7 Å². The number of alkyl halides is 1. The van der Waals surface area contributed by atoms with E-state index in [1.165, 1.54) is 15.6 Å². The maximum atomic E-state index is 15.4. The smallest absolute Gasteiger partial charge is 0.269 e. The van der Waals surface area contributed by atoms with Crippen molar-refractivity contribution in [2.24, 2.45) is 5.73 Å². The summed E-state index contributed by atoms with van der Waals surface area (Å²) in [4.78, 5) is 48.4. The van der Waals surface area contributed by atoms with Crippen LogP contribution in [0, 0.1) is 17.7 Å². The molecular formula is C34H26F2N6O3. The molecule has 0 saturated carbocycles. The van der Waals surface area contributed by atoms with Crippen molar-refractivity contribution in [2.45, 2.75) is 31.6 Å². The van der Waals surface area contributed by atoms with Gasteiger partial charge in [0, 0.05) is 41.7 Å². The largest absolute Gasteiger partial charge is 0.364 e. The molecule has 0 unspecified atom stereocenters. The summed E-state index contributed by atoms with van der Waals surface area (Å²) >= 11 is 0. The molecule has 0 aliphatic carbocycles. The minimum Gasteiger partial charge on any atom is -0.364 e. The first-order valence-corrected chi connectivity index (χ1v) is 14.2. The number of halogens is 2. The molecule has 1 aliphatic rings. The number of aromatic nitrogens is 4. The van der Waals surface area contributed by atoms with Crippen molar-refractivity contribution in [1.82, 2.24) is 24.6 Å². The third kappa shape index (κ3) is 6.17. The molecule has 11 heteroatoms. The van der Waals surface area contributed by atoms with Gasteiger partial charge in [-0.3, -0.25) is 19.1 Å². The zero-order chi connectivity index (χ0) is 31.5. The molecule has 2 atom stereocenters. The Bertz CT molecular complexity index is 1990. The van der Waals surface area contributed by atoms with E-state index in [4.69, 9.17) is 5.73 Å². The van der Waals surface area contributed by atoms with Crippen LogP contribution >= 0.6 is 0 Å². The van der Waals surface area contributed by atoms with Crippen molar-refractivity contribution < 1.29 is 23.2 Å². The van der Waals surface area contributed by atoms with Crippen LogP contribution in [0.2, 0.25) is 0 Å². The normalized spacial score (nSPS) is 15.9. The number of benzene rings is 3. The zero-order valence-electron chi connectivity index (χ0n) is 23.9. The number of nitrogens with zero attached hydrogens (tertiary/aromatic N) is 5. The average Bonchev–Trinajstić information content (AvgIpc) is 3.62. The number of ketones is 1. The van der Waals surface area contributed by atoms with Crippen molar-refractivity contribution in [3.63, 3.8) is 0 Å². The van der Waals surface area contributed by atoms with Crippen LogP contribution in [0.3, 0.4) is 0 Å². The molecular weight excluding hydrogens is 578 g/mol. The number of hydrogen-bond donors (Lipinski definition) is 1. The molecule has 2 amide bonds. The number of amides is 2. The Hall–Kier alpha value is -5.76. The quantitative estimate of drug-likeness (QED) is 0.281. The molecule has 3 heterocycles. The molecule has 45 heavy (non-hydrogen) atoms. The van der Waals surface area contributed by atoms with Crippen molar-refractivity contribution in [3.05, 3.63) is 114 Å². The van der Waals surface area contributed by atoms with Crippen LogP contribution in [0.1, 0.15) is 33.9 Å². The summed E-state index contributed by atoms with van der Waals surface area (Å²) in [7, 11) is 0. The Morgan fingerprint density at radius 1 is 0.956 bits per heavy atom. The van der Waals surface area contributed by atoms with Crippen LogP contribution in [-0.2, 0) is 22.6 Å². The summed E-state index contributed by atoms with van der Waals surface area (Å²) in [5.74, 6) is 3.70. The number of likely N-dealkylation sites (tertiary alicyclic amines) is 1. The Morgan fingerprint density at radius 2 is 1.73 bits per heavy atom. The highest BCUT2D eigenvalue weighted by Gasteiger charge is 2.40. The second-order valence-electron chi connectivity index (χ2n) is 10.6. The van der Waals surface area contributed by atoms with E-state index in [1.807, 2.05) is 6.07 Å². The summed E-state index contributed by atoms with van der Waals surface area (Å²) in [5.41, 5.74) is 7.66.